The maximum Gasteiger partial charge on any atom is 0.0269 e. The topological polar surface area (TPSA) is 0 Å². The summed E-state index contributed by atoms with van der Waals surface area (Å²) in [5.41, 5.74) is 1.04. The van der Waals surface area contributed by atoms with Crippen LogP contribution in [0.25, 0.3) is 0 Å². The van der Waals surface area contributed by atoms with E-state index in [0.717, 1.165) is 5.54 Å². The van der Waals surface area contributed by atoms with Gasteiger partial charge in [0.2, 0.25) is 0 Å². The lowest BCUT2D eigenvalue weighted by molar-refractivity contribution is 0.652. The zero-order valence-corrected chi connectivity index (χ0v) is 9.52. The van der Waals surface area contributed by atoms with Gasteiger partial charge in [-0.25, -0.2) is 0 Å². The molecule has 0 saturated carbocycles. The Morgan fingerprint density at radius 3 is 2.73 bits per heavy atom. The predicted octanol–water partition coefficient (Wildman–Crippen LogP) is 3.15. The van der Waals surface area contributed by atoms with E-state index in [1.807, 2.05) is 0 Å². The van der Waals surface area contributed by atoms with Crippen LogP contribution in [0.2, 0.25) is 11.6 Å². The Labute approximate surface area is 73.9 Å². The Morgan fingerprint density at radius 1 is 1.45 bits per heavy atom. The molecule has 1 unspecified atom stereocenters. The highest BCUT2D eigenvalue weighted by Gasteiger charge is 1.99. The number of allylic oxidation sites excluding steroid dienone is 1. The van der Waals surface area contributed by atoms with Crippen LogP contribution in [-0.4, -0.2) is 9.52 Å². The molecular weight excluding hydrogens is 148 g/mol. The maximum atomic E-state index is 3.76. The molecule has 0 amide bonds. The summed E-state index contributed by atoms with van der Waals surface area (Å²) in [6.07, 6.45) is 7.78. The van der Waals surface area contributed by atoms with Gasteiger partial charge < -0.3 is 0 Å². The first-order valence-corrected chi connectivity index (χ1v) is 6.73. The molecule has 0 spiro atoms. The summed E-state index contributed by atoms with van der Waals surface area (Å²) in [7, 11) is 0.190. The number of hydrogen-bond acceptors (Lipinski definition) is 0. The number of rotatable bonds is 7. The molecule has 0 fully saturated rings. The molecule has 11 heavy (non-hydrogen) atoms. The molecule has 1 atom stereocenters. The molecule has 0 aromatic heterocycles. The summed E-state index contributed by atoms with van der Waals surface area (Å²) in [6.45, 7) is 8.44. The highest BCUT2D eigenvalue weighted by Crippen LogP contribution is 2.14. The van der Waals surface area contributed by atoms with Crippen molar-refractivity contribution in [2.75, 3.05) is 0 Å². The van der Waals surface area contributed by atoms with Gasteiger partial charge in [0.1, 0.15) is 0 Å². The molecule has 0 nitrogen and oxygen atoms in total. The van der Waals surface area contributed by atoms with Crippen LogP contribution in [0, 0.1) is 0 Å². The van der Waals surface area contributed by atoms with Crippen LogP contribution < -0.4 is 0 Å². The SMILES string of the molecule is C=CC[SiH2]C(C)CCCCC. The van der Waals surface area contributed by atoms with Gasteiger partial charge in [-0.3, -0.25) is 0 Å². The summed E-state index contributed by atoms with van der Waals surface area (Å²) in [5, 5.41) is 0. The van der Waals surface area contributed by atoms with Crippen molar-refractivity contribution in [1.82, 2.24) is 0 Å². The van der Waals surface area contributed by atoms with Crippen molar-refractivity contribution in [3.05, 3.63) is 12.7 Å². The summed E-state index contributed by atoms with van der Waals surface area (Å²) < 4.78 is 0. The second kappa shape index (κ2) is 8.06. The van der Waals surface area contributed by atoms with Crippen LogP contribution in [0.4, 0.5) is 0 Å². The number of hydrogen-bond donors (Lipinski definition) is 0. The summed E-state index contributed by atoms with van der Waals surface area (Å²) >= 11 is 0. The Kier molecular flexibility index (Phi) is 8.03. The van der Waals surface area contributed by atoms with E-state index in [4.69, 9.17) is 0 Å². The van der Waals surface area contributed by atoms with Gasteiger partial charge in [-0.05, 0) is 6.04 Å². The van der Waals surface area contributed by atoms with E-state index in [1.54, 1.807) is 0 Å². The Bertz CT molecular complexity index is 88.9. The lowest BCUT2D eigenvalue weighted by Gasteiger charge is -2.07. The first-order chi connectivity index (χ1) is 5.31. The van der Waals surface area contributed by atoms with E-state index in [9.17, 15) is 0 Å². The molecule has 0 aromatic carbocycles. The summed E-state index contributed by atoms with van der Waals surface area (Å²) in [5.74, 6) is 0. The van der Waals surface area contributed by atoms with Gasteiger partial charge in [0.15, 0.2) is 0 Å². The van der Waals surface area contributed by atoms with E-state index in [1.165, 1.54) is 31.7 Å². The Hall–Kier alpha value is -0.0431. The fourth-order valence-corrected chi connectivity index (χ4v) is 2.67. The molecule has 0 bridgehead atoms. The molecule has 0 heterocycles. The standard InChI is InChI=1S/C10H22Si/c1-4-6-7-8-10(3)11-9-5-2/h5,10H,2,4,6-9,11H2,1,3H3. The normalized spacial score (nSPS) is 14.0. The van der Waals surface area contributed by atoms with Gasteiger partial charge in [0.05, 0.1) is 0 Å². The summed E-state index contributed by atoms with van der Waals surface area (Å²) in [6, 6.07) is 1.33. The second-order valence-electron chi connectivity index (χ2n) is 3.47. The van der Waals surface area contributed by atoms with E-state index >= 15 is 0 Å². The summed E-state index contributed by atoms with van der Waals surface area (Å²) in [4.78, 5) is 0. The van der Waals surface area contributed by atoms with Crippen molar-refractivity contribution < 1.29 is 0 Å². The third-order valence-electron chi connectivity index (χ3n) is 2.16. The quantitative estimate of drug-likeness (QED) is 0.313. The molecule has 0 aromatic rings. The molecule has 0 saturated heterocycles. The lowest BCUT2D eigenvalue weighted by Crippen LogP contribution is -1.97. The van der Waals surface area contributed by atoms with Gasteiger partial charge in [-0.15, -0.1) is 6.58 Å². The molecule has 0 rings (SSSR count). The zero-order chi connectivity index (χ0) is 8.53. The minimum absolute atomic E-state index is 0.190. The smallest absolute Gasteiger partial charge is 0.0269 e. The van der Waals surface area contributed by atoms with Crippen LogP contribution in [0.5, 0.6) is 0 Å². The Balaban J connectivity index is 3.08. The van der Waals surface area contributed by atoms with Crippen LogP contribution in [-0.2, 0) is 0 Å². The van der Waals surface area contributed by atoms with Crippen LogP contribution in [0.15, 0.2) is 12.7 Å². The van der Waals surface area contributed by atoms with Crippen molar-refractivity contribution in [2.45, 2.75) is 51.1 Å². The first-order valence-electron chi connectivity index (χ1n) is 4.92. The monoisotopic (exact) mass is 170 g/mol. The fourth-order valence-electron chi connectivity index (χ4n) is 1.29. The highest BCUT2D eigenvalue weighted by molar-refractivity contribution is 6.38. The molecule has 0 aliphatic carbocycles. The van der Waals surface area contributed by atoms with Crippen molar-refractivity contribution >= 4 is 9.52 Å². The van der Waals surface area contributed by atoms with E-state index in [0.29, 0.717) is 0 Å². The minimum Gasteiger partial charge on any atom is -0.103 e. The van der Waals surface area contributed by atoms with Gasteiger partial charge in [0.25, 0.3) is 0 Å². The largest absolute Gasteiger partial charge is 0.103 e. The molecule has 0 aliphatic rings. The van der Waals surface area contributed by atoms with Crippen LogP contribution in [0.3, 0.4) is 0 Å². The third kappa shape index (κ3) is 7.86. The average molecular weight is 170 g/mol. The van der Waals surface area contributed by atoms with Crippen molar-refractivity contribution in [3.63, 3.8) is 0 Å². The van der Waals surface area contributed by atoms with Crippen LogP contribution in [0.1, 0.15) is 39.5 Å². The van der Waals surface area contributed by atoms with E-state index in [-0.39, 0.29) is 9.52 Å². The molecule has 0 aliphatic heterocycles. The molecule has 0 radical (unpaired) electrons. The van der Waals surface area contributed by atoms with Crippen molar-refractivity contribution in [1.29, 1.82) is 0 Å². The van der Waals surface area contributed by atoms with E-state index < -0.39 is 0 Å². The maximum absolute atomic E-state index is 3.76. The Morgan fingerprint density at radius 2 is 2.18 bits per heavy atom. The molecule has 1 heteroatoms. The van der Waals surface area contributed by atoms with Gasteiger partial charge in [0, 0.05) is 9.52 Å². The zero-order valence-electron chi connectivity index (χ0n) is 8.10. The van der Waals surface area contributed by atoms with E-state index in [2.05, 4.69) is 26.5 Å². The third-order valence-corrected chi connectivity index (χ3v) is 4.30. The minimum atomic E-state index is 0.190. The highest BCUT2D eigenvalue weighted by atomic mass is 28.2. The second-order valence-corrected chi connectivity index (χ2v) is 6.02. The molecule has 66 valence electrons. The first kappa shape index (κ1) is 11.0. The van der Waals surface area contributed by atoms with Crippen molar-refractivity contribution in [2.24, 2.45) is 0 Å². The predicted molar refractivity (Wildman–Crippen MR) is 57.1 cm³/mol. The van der Waals surface area contributed by atoms with Crippen molar-refractivity contribution in [3.8, 4) is 0 Å². The van der Waals surface area contributed by atoms with Gasteiger partial charge in [-0.2, -0.15) is 0 Å². The van der Waals surface area contributed by atoms with Gasteiger partial charge in [-0.1, -0.05) is 51.1 Å². The molecule has 0 N–H and O–H groups in total. The molecular formula is C10H22Si. The van der Waals surface area contributed by atoms with Crippen LogP contribution >= 0.6 is 0 Å². The fraction of sp³-hybridized carbons (Fsp3) is 0.800. The average Bonchev–Trinajstić information content (AvgIpc) is 2.01. The van der Waals surface area contributed by atoms with Gasteiger partial charge >= 0.3 is 0 Å². The number of unbranched alkanes of at least 4 members (excludes halogenated alkanes) is 2. The lowest BCUT2D eigenvalue weighted by atomic mass is 10.2.